The van der Waals surface area contributed by atoms with Crippen molar-refractivity contribution in [2.24, 2.45) is 11.8 Å². The molecule has 1 N–H and O–H groups in total. The van der Waals surface area contributed by atoms with Crippen molar-refractivity contribution >= 4 is 0 Å². The predicted octanol–water partition coefficient (Wildman–Crippen LogP) is 2.50. The number of hydrogen-bond donors (Lipinski definition) is 1. The van der Waals surface area contributed by atoms with Gasteiger partial charge in [-0.05, 0) is 50.7 Å². The molecule has 94 valence electrons. The van der Waals surface area contributed by atoms with Gasteiger partial charge in [-0.25, -0.2) is 0 Å². The van der Waals surface area contributed by atoms with Crippen molar-refractivity contribution in [2.45, 2.75) is 45.4 Å². The minimum absolute atomic E-state index is 0.951. The van der Waals surface area contributed by atoms with E-state index in [-0.39, 0.29) is 0 Å². The van der Waals surface area contributed by atoms with Gasteiger partial charge in [-0.3, -0.25) is 0 Å². The topological polar surface area (TPSA) is 15.3 Å². The van der Waals surface area contributed by atoms with Crippen molar-refractivity contribution in [1.82, 2.24) is 10.2 Å². The maximum atomic E-state index is 3.67. The molecule has 2 aliphatic rings. The Balaban J connectivity index is 1.53. The van der Waals surface area contributed by atoms with E-state index in [0.29, 0.717) is 0 Å². The first-order chi connectivity index (χ1) is 7.86. The van der Waals surface area contributed by atoms with Crippen LogP contribution in [-0.4, -0.2) is 37.6 Å². The van der Waals surface area contributed by atoms with E-state index < -0.39 is 0 Å². The molecule has 2 atom stereocenters. The Morgan fingerprint density at radius 2 is 1.81 bits per heavy atom. The third kappa shape index (κ3) is 3.74. The van der Waals surface area contributed by atoms with Gasteiger partial charge in [0.15, 0.2) is 0 Å². The van der Waals surface area contributed by atoms with Gasteiger partial charge in [-0.2, -0.15) is 0 Å². The fraction of sp³-hybridized carbons (Fsp3) is 1.00. The summed E-state index contributed by atoms with van der Waals surface area (Å²) in [6.07, 6.45) is 8.67. The molecule has 0 aromatic rings. The average Bonchev–Trinajstić information content (AvgIpc) is 2.79. The fourth-order valence-electron chi connectivity index (χ4n) is 3.23. The number of likely N-dealkylation sites (tertiary alicyclic amines) is 1. The molecule has 0 aromatic carbocycles. The number of nitrogens with zero attached hydrogens (tertiary/aromatic N) is 1. The highest BCUT2D eigenvalue weighted by Gasteiger charge is 2.20. The van der Waals surface area contributed by atoms with Crippen LogP contribution >= 0.6 is 0 Å². The molecule has 1 aliphatic heterocycles. The summed E-state index contributed by atoms with van der Waals surface area (Å²) in [5.74, 6) is 1.90. The van der Waals surface area contributed by atoms with Crippen LogP contribution in [0.3, 0.4) is 0 Å². The van der Waals surface area contributed by atoms with Crippen LogP contribution in [0.5, 0.6) is 0 Å². The van der Waals surface area contributed by atoms with Crippen LogP contribution in [0.15, 0.2) is 0 Å². The van der Waals surface area contributed by atoms with Crippen LogP contribution < -0.4 is 5.32 Å². The van der Waals surface area contributed by atoms with E-state index in [0.717, 1.165) is 11.8 Å². The van der Waals surface area contributed by atoms with Crippen LogP contribution in [0.1, 0.15) is 45.4 Å². The Labute approximate surface area is 101 Å². The summed E-state index contributed by atoms with van der Waals surface area (Å²) < 4.78 is 0. The molecule has 0 aromatic heterocycles. The predicted molar refractivity (Wildman–Crippen MR) is 69.7 cm³/mol. The summed E-state index contributed by atoms with van der Waals surface area (Å²) >= 11 is 0. The summed E-state index contributed by atoms with van der Waals surface area (Å²) in [6.45, 7) is 8.83. The van der Waals surface area contributed by atoms with E-state index in [1.54, 1.807) is 0 Å². The molecule has 2 nitrogen and oxygen atoms in total. The average molecular weight is 224 g/mol. The van der Waals surface area contributed by atoms with Crippen molar-refractivity contribution in [3.63, 3.8) is 0 Å². The Bertz CT molecular complexity index is 187. The molecular weight excluding hydrogens is 196 g/mol. The van der Waals surface area contributed by atoms with E-state index in [1.807, 2.05) is 0 Å². The minimum Gasteiger partial charge on any atom is -0.315 e. The lowest BCUT2D eigenvalue weighted by atomic mass is 9.80. The largest absolute Gasteiger partial charge is 0.315 e. The summed E-state index contributed by atoms with van der Waals surface area (Å²) in [6, 6.07) is 0. The van der Waals surface area contributed by atoms with E-state index >= 15 is 0 Å². The van der Waals surface area contributed by atoms with E-state index in [4.69, 9.17) is 0 Å². The molecule has 1 saturated carbocycles. The maximum absolute atomic E-state index is 3.67. The SMILES string of the molecule is CC1CCCCC1CNCCN1CCCC1. The zero-order chi connectivity index (χ0) is 11.2. The van der Waals surface area contributed by atoms with Gasteiger partial charge in [0.2, 0.25) is 0 Å². The number of nitrogens with one attached hydrogen (secondary N) is 1. The summed E-state index contributed by atoms with van der Waals surface area (Å²) in [4.78, 5) is 2.59. The first kappa shape index (κ1) is 12.4. The highest BCUT2D eigenvalue weighted by atomic mass is 15.1. The molecule has 0 radical (unpaired) electrons. The molecule has 2 fully saturated rings. The van der Waals surface area contributed by atoms with Crippen LogP contribution in [-0.2, 0) is 0 Å². The molecular formula is C14H28N2. The first-order valence-corrected chi connectivity index (χ1v) is 7.29. The van der Waals surface area contributed by atoms with Crippen molar-refractivity contribution in [3.8, 4) is 0 Å². The summed E-state index contributed by atoms with van der Waals surface area (Å²) in [7, 11) is 0. The zero-order valence-electron chi connectivity index (χ0n) is 10.9. The van der Waals surface area contributed by atoms with Crippen LogP contribution in [0.25, 0.3) is 0 Å². The minimum atomic E-state index is 0.951. The Kier molecular flexibility index (Phi) is 5.11. The van der Waals surface area contributed by atoms with E-state index in [9.17, 15) is 0 Å². The third-order valence-corrected chi connectivity index (χ3v) is 4.50. The smallest absolute Gasteiger partial charge is 0.0107 e. The van der Waals surface area contributed by atoms with Crippen LogP contribution in [0.2, 0.25) is 0 Å². The lowest BCUT2D eigenvalue weighted by Crippen LogP contribution is -2.34. The second-order valence-electron chi connectivity index (χ2n) is 5.77. The number of hydrogen-bond acceptors (Lipinski definition) is 2. The second-order valence-corrected chi connectivity index (χ2v) is 5.77. The molecule has 0 bridgehead atoms. The van der Waals surface area contributed by atoms with Crippen LogP contribution in [0, 0.1) is 11.8 Å². The second kappa shape index (κ2) is 6.61. The van der Waals surface area contributed by atoms with Gasteiger partial charge in [-0.15, -0.1) is 0 Å². The molecule has 1 saturated heterocycles. The lowest BCUT2D eigenvalue weighted by Gasteiger charge is -2.29. The molecule has 2 unspecified atom stereocenters. The Morgan fingerprint density at radius 1 is 1.06 bits per heavy atom. The highest BCUT2D eigenvalue weighted by molar-refractivity contribution is 4.74. The van der Waals surface area contributed by atoms with Gasteiger partial charge in [0.05, 0.1) is 0 Å². The monoisotopic (exact) mass is 224 g/mol. The summed E-state index contributed by atoms with van der Waals surface area (Å²) in [5.41, 5.74) is 0. The van der Waals surface area contributed by atoms with Gasteiger partial charge in [0.1, 0.15) is 0 Å². The fourth-order valence-corrected chi connectivity index (χ4v) is 3.23. The quantitative estimate of drug-likeness (QED) is 0.722. The Hall–Kier alpha value is -0.0800. The maximum Gasteiger partial charge on any atom is 0.0107 e. The van der Waals surface area contributed by atoms with Crippen molar-refractivity contribution < 1.29 is 0 Å². The molecule has 1 heterocycles. The van der Waals surface area contributed by atoms with Crippen molar-refractivity contribution in [2.75, 3.05) is 32.7 Å². The standard InChI is InChI=1S/C14H28N2/c1-13-6-2-3-7-14(13)12-15-8-11-16-9-4-5-10-16/h13-15H,2-12H2,1H3. The van der Waals surface area contributed by atoms with Crippen LogP contribution in [0.4, 0.5) is 0 Å². The molecule has 1 aliphatic carbocycles. The Morgan fingerprint density at radius 3 is 2.56 bits per heavy atom. The zero-order valence-corrected chi connectivity index (χ0v) is 10.9. The molecule has 16 heavy (non-hydrogen) atoms. The molecule has 0 spiro atoms. The van der Waals surface area contributed by atoms with Gasteiger partial charge < -0.3 is 10.2 Å². The highest BCUT2D eigenvalue weighted by Crippen LogP contribution is 2.28. The number of rotatable bonds is 5. The van der Waals surface area contributed by atoms with Gasteiger partial charge >= 0.3 is 0 Å². The van der Waals surface area contributed by atoms with Crippen molar-refractivity contribution in [3.05, 3.63) is 0 Å². The summed E-state index contributed by atoms with van der Waals surface area (Å²) in [5, 5.41) is 3.67. The third-order valence-electron chi connectivity index (χ3n) is 4.50. The molecule has 2 rings (SSSR count). The molecule has 2 heteroatoms. The van der Waals surface area contributed by atoms with E-state index in [2.05, 4.69) is 17.1 Å². The normalized spacial score (nSPS) is 32.1. The lowest BCUT2D eigenvalue weighted by molar-refractivity contribution is 0.243. The molecule has 0 amide bonds. The van der Waals surface area contributed by atoms with E-state index in [1.165, 1.54) is 71.2 Å². The van der Waals surface area contributed by atoms with Gasteiger partial charge in [0.25, 0.3) is 0 Å². The van der Waals surface area contributed by atoms with Gasteiger partial charge in [0, 0.05) is 13.1 Å². The van der Waals surface area contributed by atoms with Crippen molar-refractivity contribution in [1.29, 1.82) is 0 Å². The van der Waals surface area contributed by atoms with Gasteiger partial charge in [-0.1, -0.05) is 26.2 Å². The first-order valence-electron chi connectivity index (χ1n) is 7.29.